The minimum atomic E-state index is -2.62. The molecule has 0 unspecified atom stereocenters. The van der Waals surface area contributed by atoms with Gasteiger partial charge in [0.25, 0.3) is 12.3 Å². The SMILES string of the molecule is CCCNc1ccccc1C(=O)N(CCO)CC(F)F. The highest BCUT2D eigenvalue weighted by atomic mass is 19.3. The van der Waals surface area contributed by atoms with Gasteiger partial charge in [-0.2, -0.15) is 0 Å². The molecular weight excluding hydrogens is 266 g/mol. The van der Waals surface area contributed by atoms with Crippen LogP contribution in [0, 0.1) is 0 Å². The van der Waals surface area contributed by atoms with Gasteiger partial charge in [0.05, 0.1) is 18.7 Å². The first-order chi connectivity index (χ1) is 9.60. The lowest BCUT2D eigenvalue weighted by Gasteiger charge is -2.22. The lowest BCUT2D eigenvalue weighted by atomic mass is 10.1. The zero-order valence-electron chi connectivity index (χ0n) is 11.5. The Kier molecular flexibility index (Phi) is 6.93. The third kappa shape index (κ3) is 4.77. The molecule has 2 N–H and O–H groups in total. The van der Waals surface area contributed by atoms with Crippen LogP contribution in [-0.2, 0) is 0 Å². The number of nitrogens with zero attached hydrogens (tertiary/aromatic N) is 1. The van der Waals surface area contributed by atoms with Crippen LogP contribution in [0.1, 0.15) is 23.7 Å². The quantitative estimate of drug-likeness (QED) is 0.770. The molecule has 1 aromatic carbocycles. The number of para-hydroxylation sites is 1. The maximum Gasteiger partial charge on any atom is 0.256 e. The normalized spacial score (nSPS) is 10.7. The molecule has 0 aromatic heterocycles. The molecule has 0 aliphatic heterocycles. The molecule has 1 rings (SSSR count). The van der Waals surface area contributed by atoms with Gasteiger partial charge in [-0.25, -0.2) is 8.78 Å². The van der Waals surface area contributed by atoms with Gasteiger partial charge >= 0.3 is 0 Å². The summed E-state index contributed by atoms with van der Waals surface area (Å²) in [4.78, 5) is 13.3. The molecule has 0 aliphatic carbocycles. The average Bonchev–Trinajstić information content (AvgIpc) is 2.44. The minimum absolute atomic E-state index is 0.106. The van der Waals surface area contributed by atoms with Crippen molar-refractivity contribution in [2.45, 2.75) is 19.8 Å². The molecule has 0 atom stereocenters. The van der Waals surface area contributed by atoms with Crippen LogP contribution in [0.15, 0.2) is 24.3 Å². The lowest BCUT2D eigenvalue weighted by Crippen LogP contribution is -2.37. The second kappa shape index (κ2) is 8.47. The molecule has 0 spiro atoms. The van der Waals surface area contributed by atoms with Crippen LogP contribution in [0.3, 0.4) is 0 Å². The van der Waals surface area contributed by atoms with Gasteiger partial charge in [0.2, 0.25) is 0 Å². The highest BCUT2D eigenvalue weighted by Crippen LogP contribution is 2.18. The van der Waals surface area contributed by atoms with E-state index < -0.39 is 18.9 Å². The summed E-state index contributed by atoms with van der Waals surface area (Å²) in [6, 6.07) is 6.79. The molecule has 0 saturated heterocycles. The van der Waals surface area contributed by atoms with E-state index in [0.29, 0.717) is 17.8 Å². The lowest BCUT2D eigenvalue weighted by molar-refractivity contribution is 0.0510. The van der Waals surface area contributed by atoms with Crippen LogP contribution in [0.5, 0.6) is 0 Å². The monoisotopic (exact) mass is 286 g/mol. The second-order valence-electron chi connectivity index (χ2n) is 4.34. The number of rotatable bonds is 8. The maximum absolute atomic E-state index is 12.5. The highest BCUT2D eigenvalue weighted by molar-refractivity contribution is 5.99. The van der Waals surface area contributed by atoms with Crippen molar-refractivity contribution in [2.24, 2.45) is 0 Å². The van der Waals surface area contributed by atoms with Crippen molar-refractivity contribution >= 4 is 11.6 Å². The van der Waals surface area contributed by atoms with Crippen molar-refractivity contribution in [1.29, 1.82) is 0 Å². The van der Waals surface area contributed by atoms with Gasteiger partial charge in [-0.3, -0.25) is 4.79 Å². The van der Waals surface area contributed by atoms with Crippen LogP contribution in [-0.4, -0.2) is 48.6 Å². The van der Waals surface area contributed by atoms with Gasteiger partial charge < -0.3 is 15.3 Å². The Labute approximate surface area is 117 Å². The number of alkyl halides is 2. The summed E-state index contributed by atoms with van der Waals surface area (Å²) in [5, 5.41) is 12.0. The van der Waals surface area contributed by atoms with Crippen LogP contribution in [0.25, 0.3) is 0 Å². The Morgan fingerprint density at radius 3 is 2.70 bits per heavy atom. The van der Waals surface area contributed by atoms with Crippen molar-refractivity contribution in [1.82, 2.24) is 4.90 Å². The summed E-state index contributed by atoms with van der Waals surface area (Å²) in [5.74, 6) is -0.501. The Balaban J connectivity index is 2.92. The van der Waals surface area contributed by atoms with E-state index in [1.54, 1.807) is 24.3 Å². The zero-order valence-corrected chi connectivity index (χ0v) is 11.5. The number of aliphatic hydroxyl groups is 1. The van der Waals surface area contributed by atoms with Gasteiger partial charge in [0.1, 0.15) is 0 Å². The number of hydrogen-bond acceptors (Lipinski definition) is 3. The molecule has 0 heterocycles. The predicted molar refractivity (Wildman–Crippen MR) is 74.2 cm³/mol. The maximum atomic E-state index is 12.5. The van der Waals surface area contributed by atoms with Crippen molar-refractivity contribution in [3.05, 3.63) is 29.8 Å². The average molecular weight is 286 g/mol. The second-order valence-corrected chi connectivity index (χ2v) is 4.34. The fourth-order valence-corrected chi connectivity index (χ4v) is 1.82. The van der Waals surface area contributed by atoms with E-state index in [0.717, 1.165) is 11.3 Å². The van der Waals surface area contributed by atoms with Crippen molar-refractivity contribution in [3.8, 4) is 0 Å². The van der Waals surface area contributed by atoms with E-state index in [1.807, 2.05) is 6.92 Å². The molecule has 0 radical (unpaired) electrons. The summed E-state index contributed by atoms with van der Waals surface area (Å²) >= 11 is 0. The van der Waals surface area contributed by atoms with Gasteiger partial charge in [-0.05, 0) is 18.6 Å². The Morgan fingerprint density at radius 1 is 1.40 bits per heavy atom. The number of anilines is 1. The summed E-state index contributed by atoms with van der Waals surface area (Å²) in [6.07, 6.45) is -1.74. The van der Waals surface area contributed by atoms with E-state index in [9.17, 15) is 13.6 Å². The van der Waals surface area contributed by atoms with Gasteiger partial charge in [0, 0.05) is 18.8 Å². The number of benzene rings is 1. The molecule has 20 heavy (non-hydrogen) atoms. The van der Waals surface area contributed by atoms with E-state index in [2.05, 4.69) is 5.32 Å². The first kappa shape index (κ1) is 16.4. The van der Waals surface area contributed by atoms with E-state index >= 15 is 0 Å². The molecule has 0 fully saturated rings. The van der Waals surface area contributed by atoms with Crippen LogP contribution in [0.2, 0.25) is 0 Å². The molecule has 0 bridgehead atoms. The van der Waals surface area contributed by atoms with Gasteiger partial charge in [-0.15, -0.1) is 0 Å². The topological polar surface area (TPSA) is 52.6 Å². The van der Waals surface area contributed by atoms with Gasteiger partial charge in [0.15, 0.2) is 0 Å². The Morgan fingerprint density at radius 2 is 2.10 bits per heavy atom. The summed E-state index contributed by atoms with van der Waals surface area (Å²) in [5.41, 5.74) is 0.964. The molecule has 6 heteroatoms. The number of aliphatic hydroxyl groups excluding tert-OH is 1. The third-order valence-corrected chi connectivity index (χ3v) is 2.74. The molecule has 0 saturated carbocycles. The van der Waals surface area contributed by atoms with E-state index in [1.165, 1.54) is 0 Å². The zero-order chi connectivity index (χ0) is 15.0. The molecular formula is C14H20F2N2O2. The summed E-state index contributed by atoms with van der Waals surface area (Å²) in [7, 11) is 0. The molecule has 1 aromatic rings. The Hall–Kier alpha value is -1.69. The molecule has 112 valence electrons. The predicted octanol–water partition coefficient (Wildman–Crippen LogP) is 2.21. The third-order valence-electron chi connectivity index (χ3n) is 2.74. The summed E-state index contributed by atoms with van der Waals surface area (Å²) in [6.45, 7) is 1.56. The number of halogens is 2. The minimum Gasteiger partial charge on any atom is -0.395 e. The molecule has 0 aliphatic rings. The first-order valence-electron chi connectivity index (χ1n) is 6.61. The largest absolute Gasteiger partial charge is 0.395 e. The number of amides is 1. The van der Waals surface area contributed by atoms with E-state index in [4.69, 9.17) is 5.11 Å². The highest BCUT2D eigenvalue weighted by Gasteiger charge is 2.21. The first-order valence-corrected chi connectivity index (χ1v) is 6.61. The van der Waals surface area contributed by atoms with Crippen molar-refractivity contribution in [3.63, 3.8) is 0 Å². The fraction of sp³-hybridized carbons (Fsp3) is 0.500. The fourth-order valence-electron chi connectivity index (χ4n) is 1.82. The Bertz CT molecular complexity index is 427. The summed E-state index contributed by atoms with van der Waals surface area (Å²) < 4.78 is 25.0. The number of carbonyl (C=O) groups is 1. The van der Waals surface area contributed by atoms with Gasteiger partial charge in [-0.1, -0.05) is 19.1 Å². The number of hydrogen-bond donors (Lipinski definition) is 2. The number of carbonyl (C=O) groups excluding carboxylic acids is 1. The smallest absolute Gasteiger partial charge is 0.256 e. The molecule has 4 nitrogen and oxygen atoms in total. The van der Waals surface area contributed by atoms with Crippen molar-refractivity contribution < 1.29 is 18.7 Å². The standard InChI is InChI=1S/C14H20F2N2O2/c1-2-7-17-12-6-4-3-5-11(12)14(20)18(8-9-19)10-13(15)16/h3-6,13,17,19H,2,7-10H2,1H3. The van der Waals surface area contributed by atoms with Crippen LogP contribution < -0.4 is 5.32 Å². The van der Waals surface area contributed by atoms with Crippen LogP contribution in [0.4, 0.5) is 14.5 Å². The van der Waals surface area contributed by atoms with E-state index in [-0.39, 0.29) is 13.2 Å². The van der Waals surface area contributed by atoms with Crippen molar-refractivity contribution in [2.75, 3.05) is 31.6 Å². The molecule has 1 amide bonds. The number of nitrogens with one attached hydrogen (secondary N) is 1. The van der Waals surface area contributed by atoms with Crippen LogP contribution >= 0.6 is 0 Å².